The molecule has 0 bridgehead atoms. The summed E-state index contributed by atoms with van der Waals surface area (Å²) in [6, 6.07) is 5.18. The van der Waals surface area contributed by atoms with Gasteiger partial charge in [0.15, 0.2) is 5.82 Å². The third kappa shape index (κ3) is 2.99. The first-order valence-electron chi connectivity index (χ1n) is 9.88. The number of carbonyl (C=O) groups is 1. The number of hydrogen-bond acceptors (Lipinski definition) is 5. The van der Waals surface area contributed by atoms with Crippen LogP contribution in [0.25, 0.3) is 11.4 Å². The van der Waals surface area contributed by atoms with E-state index in [-0.39, 0.29) is 12.4 Å². The van der Waals surface area contributed by atoms with Crippen molar-refractivity contribution in [2.24, 2.45) is 0 Å². The summed E-state index contributed by atoms with van der Waals surface area (Å²) in [6.45, 7) is 3.83. The SMILES string of the molecule is C[C@@H]1CCCN1c1ccc2c(c1)OCCn1cc(N3C(=O)OCC3C(F)F)nc1-2. The minimum absolute atomic E-state index is 0.179. The van der Waals surface area contributed by atoms with Crippen LogP contribution >= 0.6 is 0 Å². The number of fused-ring (bicyclic) bond motifs is 3. The lowest BCUT2D eigenvalue weighted by molar-refractivity contribution is 0.104. The van der Waals surface area contributed by atoms with Gasteiger partial charge in [-0.3, -0.25) is 0 Å². The van der Waals surface area contributed by atoms with Crippen molar-refractivity contribution in [3.63, 3.8) is 0 Å². The quantitative estimate of drug-likeness (QED) is 0.784. The molecule has 0 radical (unpaired) electrons. The summed E-state index contributed by atoms with van der Waals surface area (Å²) < 4.78 is 39.3. The fraction of sp³-hybridized carbons (Fsp3) is 0.500. The van der Waals surface area contributed by atoms with Gasteiger partial charge in [0.25, 0.3) is 6.43 Å². The van der Waals surface area contributed by atoms with Crippen molar-refractivity contribution in [2.45, 2.75) is 44.8 Å². The fourth-order valence-electron chi connectivity index (χ4n) is 4.35. The number of imidazole rings is 1. The maximum absolute atomic E-state index is 13.3. The average molecular weight is 404 g/mol. The fourth-order valence-corrected chi connectivity index (χ4v) is 4.35. The third-order valence-corrected chi connectivity index (χ3v) is 5.89. The number of rotatable bonds is 3. The Morgan fingerprint density at radius 3 is 2.86 bits per heavy atom. The molecule has 154 valence electrons. The van der Waals surface area contributed by atoms with E-state index in [4.69, 9.17) is 9.47 Å². The van der Waals surface area contributed by atoms with Crippen molar-refractivity contribution in [1.29, 1.82) is 0 Å². The van der Waals surface area contributed by atoms with Crippen molar-refractivity contribution in [3.8, 4) is 17.1 Å². The van der Waals surface area contributed by atoms with E-state index >= 15 is 0 Å². The first kappa shape index (κ1) is 18.2. The van der Waals surface area contributed by atoms with Crippen LogP contribution in [-0.2, 0) is 11.3 Å². The second-order valence-corrected chi connectivity index (χ2v) is 7.68. The van der Waals surface area contributed by atoms with Gasteiger partial charge in [0.1, 0.15) is 30.8 Å². The van der Waals surface area contributed by atoms with Crippen molar-refractivity contribution < 1.29 is 23.0 Å². The van der Waals surface area contributed by atoms with Gasteiger partial charge >= 0.3 is 6.09 Å². The lowest BCUT2D eigenvalue weighted by atomic mass is 10.1. The summed E-state index contributed by atoms with van der Waals surface area (Å²) in [5.74, 6) is 1.49. The van der Waals surface area contributed by atoms with E-state index in [1.54, 1.807) is 6.20 Å². The van der Waals surface area contributed by atoms with Crippen LogP contribution in [0.15, 0.2) is 24.4 Å². The summed E-state index contributed by atoms with van der Waals surface area (Å²) in [7, 11) is 0. The van der Waals surface area contributed by atoms with E-state index in [1.807, 2.05) is 22.8 Å². The van der Waals surface area contributed by atoms with Crippen molar-refractivity contribution >= 4 is 17.6 Å². The van der Waals surface area contributed by atoms with E-state index in [1.165, 1.54) is 12.8 Å². The van der Waals surface area contributed by atoms with Gasteiger partial charge < -0.3 is 18.9 Å². The molecule has 3 aliphatic heterocycles. The summed E-state index contributed by atoms with van der Waals surface area (Å²) in [6.07, 6.45) is 0.459. The van der Waals surface area contributed by atoms with Crippen molar-refractivity contribution in [3.05, 3.63) is 24.4 Å². The van der Waals surface area contributed by atoms with Gasteiger partial charge in [-0.05, 0) is 31.9 Å². The lowest BCUT2D eigenvalue weighted by Gasteiger charge is -2.24. The Morgan fingerprint density at radius 2 is 2.10 bits per heavy atom. The molecule has 5 rings (SSSR count). The standard InChI is InChI=1S/C20H22F2N4O3/c1-12-3-2-6-25(12)13-4-5-14-16(9-13)28-8-7-24-10-17(23-19(14)24)26-15(18(21)22)11-29-20(26)27/h4-5,9-10,12,15,18H,2-3,6-8,11H2,1H3/t12-,15?/m1/s1. The average Bonchev–Trinajstić information content (AvgIpc) is 3.38. The second kappa shape index (κ2) is 6.89. The molecule has 0 saturated carbocycles. The van der Waals surface area contributed by atoms with Crippen LogP contribution in [0.4, 0.5) is 25.1 Å². The van der Waals surface area contributed by atoms with E-state index in [9.17, 15) is 13.6 Å². The molecular weight excluding hydrogens is 382 g/mol. The molecule has 9 heteroatoms. The number of anilines is 2. The number of carbonyl (C=O) groups excluding carboxylic acids is 1. The molecular formula is C20H22F2N4O3. The monoisotopic (exact) mass is 404 g/mol. The molecule has 2 aromatic rings. The van der Waals surface area contributed by atoms with E-state index < -0.39 is 18.6 Å². The largest absolute Gasteiger partial charge is 0.491 e. The number of hydrogen-bond donors (Lipinski definition) is 0. The van der Waals surface area contributed by atoms with Crippen LogP contribution in [0.5, 0.6) is 5.75 Å². The molecule has 0 spiro atoms. The molecule has 1 aromatic carbocycles. The topological polar surface area (TPSA) is 59.8 Å². The zero-order valence-corrected chi connectivity index (χ0v) is 16.1. The van der Waals surface area contributed by atoms with Crippen LogP contribution in [0, 0.1) is 0 Å². The second-order valence-electron chi connectivity index (χ2n) is 7.68. The van der Waals surface area contributed by atoms with Crippen LogP contribution in [0.2, 0.25) is 0 Å². The zero-order chi connectivity index (χ0) is 20.1. The van der Waals surface area contributed by atoms with Crippen LogP contribution < -0.4 is 14.5 Å². The maximum Gasteiger partial charge on any atom is 0.416 e. The molecule has 1 unspecified atom stereocenters. The van der Waals surface area contributed by atoms with E-state index in [0.717, 1.165) is 22.7 Å². The van der Waals surface area contributed by atoms with Gasteiger partial charge in [-0.1, -0.05) is 0 Å². The van der Waals surface area contributed by atoms with E-state index in [2.05, 4.69) is 16.8 Å². The van der Waals surface area contributed by atoms with Gasteiger partial charge in [0.05, 0.1) is 12.1 Å². The number of benzene rings is 1. The Kier molecular flexibility index (Phi) is 4.33. The number of halogens is 2. The molecule has 2 atom stereocenters. The number of aromatic nitrogens is 2. The normalized spacial score (nSPS) is 23.7. The molecule has 3 aliphatic rings. The summed E-state index contributed by atoms with van der Waals surface area (Å²) in [5.41, 5.74) is 1.89. The number of alkyl halides is 2. The summed E-state index contributed by atoms with van der Waals surface area (Å²) in [5, 5.41) is 0. The number of amides is 1. The molecule has 29 heavy (non-hydrogen) atoms. The summed E-state index contributed by atoms with van der Waals surface area (Å²) in [4.78, 5) is 19.9. The van der Waals surface area contributed by atoms with Crippen molar-refractivity contribution in [1.82, 2.24) is 9.55 Å². The summed E-state index contributed by atoms with van der Waals surface area (Å²) >= 11 is 0. The van der Waals surface area contributed by atoms with Crippen molar-refractivity contribution in [2.75, 3.05) is 29.6 Å². The predicted octanol–water partition coefficient (Wildman–Crippen LogP) is 3.52. The first-order chi connectivity index (χ1) is 14.0. The first-order valence-corrected chi connectivity index (χ1v) is 9.88. The van der Waals surface area contributed by atoms with Gasteiger partial charge in [-0.2, -0.15) is 0 Å². The Labute approximate surface area is 166 Å². The van der Waals surface area contributed by atoms with Crippen LogP contribution in [0.3, 0.4) is 0 Å². The smallest absolute Gasteiger partial charge is 0.416 e. The molecule has 2 fully saturated rings. The Hall–Kier alpha value is -2.84. The van der Waals surface area contributed by atoms with Gasteiger partial charge in [-0.25, -0.2) is 23.5 Å². The van der Waals surface area contributed by atoms with Crippen LogP contribution in [0.1, 0.15) is 19.8 Å². The highest BCUT2D eigenvalue weighted by atomic mass is 19.3. The van der Waals surface area contributed by atoms with Crippen LogP contribution in [-0.4, -0.2) is 53.9 Å². The highest BCUT2D eigenvalue weighted by Crippen LogP contribution is 2.38. The predicted molar refractivity (Wildman–Crippen MR) is 103 cm³/mol. The molecule has 4 heterocycles. The Balaban J connectivity index is 1.52. The number of ether oxygens (including phenoxy) is 2. The minimum atomic E-state index is -2.71. The molecule has 1 amide bonds. The minimum Gasteiger partial charge on any atom is -0.491 e. The number of nitrogens with zero attached hydrogens (tertiary/aromatic N) is 4. The Bertz CT molecular complexity index is 948. The molecule has 1 aromatic heterocycles. The zero-order valence-electron chi connectivity index (χ0n) is 16.1. The van der Waals surface area contributed by atoms with Gasteiger partial charge in [0, 0.05) is 30.5 Å². The van der Waals surface area contributed by atoms with E-state index in [0.29, 0.717) is 30.8 Å². The third-order valence-electron chi connectivity index (χ3n) is 5.89. The number of cyclic esters (lactones) is 1. The highest BCUT2D eigenvalue weighted by molar-refractivity contribution is 5.89. The molecule has 7 nitrogen and oxygen atoms in total. The molecule has 0 aliphatic carbocycles. The van der Waals surface area contributed by atoms with Gasteiger partial charge in [0.2, 0.25) is 0 Å². The van der Waals surface area contributed by atoms with Gasteiger partial charge in [-0.15, -0.1) is 0 Å². The molecule has 0 N–H and O–H groups in total. The molecule has 2 saturated heterocycles. The highest BCUT2D eigenvalue weighted by Gasteiger charge is 2.42. The Morgan fingerprint density at radius 1 is 1.24 bits per heavy atom. The lowest BCUT2D eigenvalue weighted by Crippen LogP contribution is -2.38. The maximum atomic E-state index is 13.3.